The minimum Gasteiger partial charge on any atom is -0.383 e. The molecule has 6 heteroatoms. The van der Waals surface area contributed by atoms with Crippen LogP contribution in [0.15, 0.2) is 6.33 Å². The summed E-state index contributed by atoms with van der Waals surface area (Å²) in [5, 5.41) is 0. The first kappa shape index (κ1) is 14.5. The third-order valence-electron chi connectivity index (χ3n) is 4.48. The lowest BCUT2D eigenvalue weighted by Crippen LogP contribution is -2.44. The van der Waals surface area contributed by atoms with Crippen LogP contribution < -0.4 is 10.6 Å². The third kappa shape index (κ3) is 3.11. The minimum atomic E-state index is 0.611. The van der Waals surface area contributed by atoms with Crippen LogP contribution in [0, 0.1) is 0 Å². The fraction of sp³-hybridized carbons (Fsp3) is 0.733. The standard InChI is InChI=1S/C15H25N5O/c1-2-3-13-14(16)17-11-18-15(13)20-5-4-12(10-20)19-6-8-21-9-7-19/h11-12H,2-10H2,1H3,(H2,16,17,18). The molecule has 2 fully saturated rings. The van der Waals surface area contributed by atoms with Gasteiger partial charge in [-0.15, -0.1) is 0 Å². The molecule has 0 bridgehead atoms. The van der Waals surface area contributed by atoms with Gasteiger partial charge < -0.3 is 15.4 Å². The Bertz CT molecular complexity index is 475. The molecule has 1 aromatic heterocycles. The quantitative estimate of drug-likeness (QED) is 0.890. The van der Waals surface area contributed by atoms with Gasteiger partial charge in [-0.25, -0.2) is 9.97 Å². The Morgan fingerprint density at radius 1 is 1.29 bits per heavy atom. The topological polar surface area (TPSA) is 67.5 Å². The molecule has 0 aromatic carbocycles. The van der Waals surface area contributed by atoms with Crippen molar-refractivity contribution in [2.75, 3.05) is 50.0 Å². The Hall–Kier alpha value is -1.40. The second-order valence-electron chi connectivity index (χ2n) is 5.85. The molecular formula is C15H25N5O. The number of hydrogen-bond acceptors (Lipinski definition) is 6. The molecule has 2 N–H and O–H groups in total. The molecule has 2 aliphatic heterocycles. The van der Waals surface area contributed by atoms with Gasteiger partial charge in [-0.2, -0.15) is 0 Å². The van der Waals surface area contributed by atoms with Gasteiger partial charge in [-0.1, -0.05) is 13.3 Å². The van der Waals surface area contributed by atoms with Gasteiger partial charge in [-0.3, -0.25) is 4.90 Å². The Morgan fingerprint density at radius 3 is 2.86 bits per heavy atom. The molecule has 3 rings (SSSR count). The summed E-state index contributed by atoms with van der Waals surface area (Å²) >= 11 is 0. The highest BCUT2D eigenvalue weighted by molar-refractivity contribution is 5.57. The van der Waals surface area contributed by atoms with Crippen LogP contribution in [0.25, 0.3) is 0 Å². The summed E-state index contributed by atoms with van der Waals surface area (Å²) in [5.41, 5.74) is 7.16. The minimum absolute atomic E-state index is 0.611. The van der Waals surface area contributed by atoms with E-state index in [1.165, 1.54) is 6.42 Å². The first-order valence-electron chi connectivity index (χ1n) is 7.95. The van der Waals surface area contributed by atoms with Gasteiger partial charge in [0.25, 0.3) is 0 Å². The van der Waals surface area contributed by atoms with Crippen LogP contribution in [0.2, 0.25) is 0 Å². The van der Waals surface area contributed by atoms with E-state index in [9.17, 15) is 0 Å². The fourth-order valence-electron chi connectivity index (χ4n) is 3.35. The van der Waals surface area contributed by atoms with Gasteiger partial charge in [0.05, 0.1) is 13.2 Å². The number of nitrogen functional groups attached to an aromatic ring is 1. The molecule has 0 amide bonds. The van der Waals surface area contributed by atoms with E-state index < -0.39 is 0 Å². The Kier molecular flexibility index (Phi) is 4.55. The molecule has 6 nitrogen and oxygen atoms in total. The summed E-state index contributed by atoms with van der Waals surface area (Å²) in [6.07, 6.45) is 4.79. The smallest absolute Gasteiger partial charge is 0.137 e. The fourth-order valence-corrected chi connectivity index (χ4v) is 3.35. The molecule has 1 unspecified atom stereocenters. The van der Waals surface area contributed by atoms with Crippen LogP contribution >= 0.6 is 0 Å². The number of anilines is 2. The van der Waals surface area contributed by atoms with Crippen LogP contribution in [0.5, 0.6) is 0 Å². The van der Waals surface area contributed by atoms with E-state index in [2.05, 4.69) is 26.7 Å². The van der Waals surface area contributed by atoms with E-state index >= 15 is 0 Å². The largest absolute Gasteiger partial charge is 0.383 e. The van der Waals surface area contributed by atoms with Crippen molar-refractivity contribution in [3.8, 4) is 0 Å². The zero-order valence-electron chi connectivity index (χ0n) is 12.8. The van der Waals surface area contributed by atoms with Gasteiger partial charge >= 0.3 is 0 Å². The van der Waals surface area contributed by atoms with Gasteiger partial charge in [0.2, 0.25) is 0 Å². The van der Waals surface area contributed by atoms with Crippen molar-refractivity contribution in [2.24, 2.45) is 0 Å². The summed E-state index contributed by atoms with van der Waals surface area (Å²) in [5.74, 6) is 1.68. The predicted molar refractivity (Wildman–Crippen MR) is 83.4 cm³/mol. The maximum absolute atomic E-state index is 6.05. The van der Waals surface area contributed by atoms with E-state index in [1.54, 1.807) is 6.33 Å². The summed E-state index contributed by atoms with van der Waals surface area (Å²) in [7, 11) is 0. The number of hydrogen-bond donors (Lipinski definition) is 1. The van der Waals surface area contributed by atoms with Crippen molar-refractivity contribution >= 4 is 11.6 Å². The molecular weight excluding hydrogens is 266 g/mol. The average molecular weight is 291 g/mol. The first-order chi connectivity index (χ1) is 10.3. The number of morpholine rings is 1. The molecule has 3 heterocycles. The highest BCUT2D eigenvalue weighted by atomic mass is 16.5. The van der Waals surface area contributed by atoms with Gasteiger partial charge in [0.15, 0.2) is 0 Å². The number of aromatic nitrogens is 2. The summed E-state index contributed by atoms with van der Waals surface area (Å²) in [6, 6.07) is 0.611. The number of nitrogens with two attached hydrogens (primary N) is 1. The number of nitrogens with zero attached hydrogens (tertiary/aromatic N) is 4. The van der Waals surface area contributed by atoms with Crippen molar-refractivity contribution in [3.63, 3.8) is 0 Å². The van der Waals surface area contributed by atoms with Crippen LogP contribution in [-0.2, 0) is 11.2 Å². The molecule has 21 heavy (non-hydrogen) atoms. The van der Waals surface area contributed by atoms with Crippen molar-refractivity contribution in [1.29, 1.82) is 0 Å². The molecule has 1 aromatic rings. The number of rotatable bonds is 4. The van der Waals surface area contributed by atoms with Crippen molar-refractivity contribution in [1.82, 2.24) is 14.9 Å². The second kappa shape index (κ2) is 6.58. The molecule has 0 aliphatic carbocycles. The van der Waals surface area contributed by atoms with E-state index in [0.717, 1.165) is 63.6 Å². The molecule has 0 spiro atoms. The third-order valence-corrected chi connectivity index (χ3v) is 4.48. The van der Waals surface area contributed by atoms with Crippen LogP contribution in [0.3, 0.4) is 0 Å². The molecule has 1 atom stereocenters. The number of ether oxygens (including phenoxy) is 1. The Labute approximate surface area is 126 Å². The molecule has 0 radical (unpaired) electrons. The van der Waals surface area contributed by atoms with Gasteiger partial charge in [0.1, 0.15) is 18.0 Å². The average Bonchev–Trinajstić information content (AvgIpc) is 3.00. The lowest BCUT2D eigenvalue weighted by molar-refractivity contribution is 0.0209. The highest BCUT2D eigenvalue weighted by Crippen LogP contribution is 2.27. The van der Waals surface area contributed by atoms with E-state index in [1.807, 2.05) is 0 Å². The maximum Gasteiger partial charge on any atom is 0.137 e. The van der Waals surface area contributed by atoms with Crippen LogP contribution in [0.1, 0.15) is 25.3 Å². The lowest BCUT2D eigenvalue weighted by atomic mass is 10.1. The van der Waals surface area contributed by atoms with Crippen molar-refractivity contribution in [3.05, 3.63) is 11.9 Å². The second-order valence-corrected chi connectivity index (χ2v) is 5.85. The van der Waals surface area contributed by atoms with Crippen LogP contribution in [0.4, 0.5) is 11.6 Å². The molecule has 2 saturated heterocycles. The lowest BCUT2D eigenvalue weighted by Gasteiger charge is -2.32. The predicted octanol–water partition coefficient (Wildman–Crippen LogP) is 0.922. The zero-order chi connectivity index (χ0) is 14.7. The SMILES string of the molecule is CCCc1c(N)ncnc1N1CCC(N2CCOCC2)C1. The zero-order valence-corrected chi connectivity index (χ0v) is 12.8. The Balaban J connectivity index is 1.72. The summed E-state index contributed by atoms with van der Waals surface area (Å²) in [6.45, 7) is 8.06. The maximum atomic E-state index is 6.05. The summed E-state index contributed by atoms with van der Waals surface area (Å²) < 4.78 is 5.45. The first-order valence-corrected chi connectivity index (χ1v) is 7.95. The van der Waals surface area contributed by atoms with Crippen LogP contribution in [-0.4, -0.2) is 60.3 Å². The van der Waals surface area contributed by atoms with Crippen molar-refractivity contribution in [2.45, 2.75) is 32.2 Å². The van der Waals surface area contributed by atoms with Crippen molar-refractivity contribution < 1.29 is 4.74 Å². The van der Waals surface area contributed by atoms with E-state index in [-0.39, 0.29) is 0 Å². The van der Waals surface area contributed by atoms with Gasteiger partial charge in [-0.05, 0) is 12.8 Å². The van der Waals surface area contributed by atoms with Gasteiger partial charge in [0, 0.05) is 37.8 Å². The molecule has 116 valence electrons. The monoisotopic (exact) mass is 291 g/mol. The molecule has 0 saturated carbocycles. The highest BCUT2D eigenvalue weighted by Gasteiger charge is 2.30. The molecule has 2 aliphatic rings. The van der Waals surface area contributed by atoms with E-state index in [0.29, 0.717) is 11.9 Å². The van der Waals surface area contributed by atoms with E-state index in [4.69, 9.17) is 10.5 Å². The Morgan fingerprint density at radius 2 is 2.10 bits per heavy atom. The summed E-state index contributed by atoms with van der Waals surface area (Å²) in [4.78, 5) is 13.6. The normalized spacial score (nSPS) is 23.7.